The third-order valence-electron chi connectivity index (χ3n) is 31.9. The number of fused-ring (bicyclic) bond motifs is 4. The molecular formula is C77H104N2O13S2. The van der Waals surface area contributed by atoms with Crippen molar-refractivity contribution in [1.82, 2.24) is 5.32 Å². The van der Waals surface area contributed by atoms with E-state index < -0.39 is 115 Å². The zero-order valence-electron chi connectivity index (χ0n) is 55.7. The van der Waals surface area contributed by atoms with Crippen LogP contribution in [-0.4, -0.2) is 154 Å². The number of aryl methyl sites for hydroxylation is 1. The van der Waals surface area contributed by atoms with Gasteiger partial charge in [0.2, 0.25) is 5.91 Å². The largest absolute Gasteiger partial charge is 0.508 e. The number of carbonyl (C=O) groups excluding carboxylic acids is 2. The number of ketones is 1. The summed E-state index contributed by atoms with van der Waals surface area (Å²) in [5, 5.41) is 124. The topological polar surface area (TPSA) is 253 Å². The van der Waals surface area contributed by atoms with E-state index in [0.29, 0.717) is 107 Å². The molecule has 7 aliphatic heterocycles. The van der Waals surface area contributed by atoms with Gasteiger partial charge in [0.25, 0.3) is 0 Å². The number of nitrogens with one attached hydrogen (secondary N) is 1. The molecule has 512 valence electrons. The summed E-state index contributed by atoms with van der Waals surface area (Å²) in [7, 11) is 2.59. The van der Waals surface area contributed by atoms with Crippen molar-refractivity contribution >= 4 is 39.0 Å². The highest BCUT2D eigenvalue weighted by molar-refractivity contribution is 8.76. The summed E-state index contributed by atoms with van der Waals surface area (Å²) in [6.45, 7) is 8.24. The van der Waals surface area contributed by atoms with Crippen LogP contribution in [0.2, 0.25) is 0 Å². The van der Waals surface area contributed by atoms with Crippen molar-refractivity contribution in [2.75, 3.05) is 37.0 Å². The minimum absolute atomic E-state index is 0.0258. The monoisotopic (exact) mass is 1330 g/mol. The molecule has 19 rings (SSSR count). The van der Waals surface area contributed by atoms with Crippen molar-refractivity contribution < 1.29 is 65.0 Å². The summed E-state index contributed by atoms with van der Waals surface area (Å²) in [5.74, 6) is -1.84. The number of phenols is 1. The highest BCUT2D eigenvalue weighted by atomic mass is 33.1. The van der Waals surface area contributed by atoms with Crippen molar-refractivity contribution in [3.8, 4) is 5.75 Å². The number of carbonyl (C=O) groups is 2. The first-order chi connectivity index (χ1) is 45.0. The number of phenolic OH excluding ortho intramolecular Hbond substituents is 1. The van der Waals surface area contributed by atoms with E-state index in [9.17, 15) is 46.0 Å². The second-order valence-electron chi connectivity index (χ2n) is 34.5. The Hall–Kier alpha value is -2.88. The Morgan fingerprint density at radius 3 is 2.37 bits per heavy atom. The summed E-state index contributed by atoms with van der Waals surface area (Å²) in [5.41, 5.74) is -13.0. The van der Waals surface area contributed by atoms with Crippen LogP contribution in [-0.2, 0) is 25.5 Å². The zero-order chi connectivity index (χ0) is 65.3. The zero-order valence-corrected chi connectivity index (χ0v) is 57.3. The second-order valence-corrected chi connectivity index (χ2v) is 37.0. The summed E-state index contributed by atoms with van der Waals surface area (Å²) in [6, 6.07) is 5.40. The average molecular weight is 1330 g/mol. The molecule has 1 aromatic carbocycles. The molecule has 7 saturated carbocycles. The number of anilines is 1. The third kappa shape index (κ3) is 7.79. The van der Waals surface area contributed by atoms with Crippen molar-refractivity contribution in [2.24, 2.45) is 97.1 Å². The van der Waals surface area contributed by atoms with Crippen LogP contribution in [0, 0.1) is 97.1 Å². The van der Waals surface area contributed by atoms with Gasteiger partial charge in [-0.2, -0.15) is 0 Å². The number of hydrogen-bond acceptors (Lipinski definition) is 16. The Kier molecular flexibility index (Phi) is 15.0. The number of piperidine rings is 1. The number of aliphatic hydroxyl groups is 8. The van der Waals surface area contributed by atoms with Gasteiger partial charge in [0.15, 0.2) is 5.78 Å². The van der Waals surface area contributed by atoms with E-state index in [2.05, 4.69) is 68.6 Å². The fourth-order valence-corrected chi connectivity index (χ4v) is 30.6. The smallest absolute Gasteiger partial charge is 0.235 e. The van der Waals surface area contributed by atoms with Gasteiger partial charge in [0, 0.05) is 69.1 Å². The van der Waals surface area contributed by atoms with E-state index in [0.717, 1.165) is 44.1 Å². The number of hydrogen-bond donors (Lipinski definition) is 10. The summed E-state index contributed by atoms with van der Waals surface area (Å²) < 4.78 is 13.1. The molecule has 94 heavy (non-hydrogen) atoms. The number of rotatable bonds is 6. The van der Waals surface area contributed by atoms with Gasteiger partial charge < -0.3 is 65.6 Å². The maximum Gasteiger partial charge on any atom is 0.235 e. The molecule has 25 atom stereocenters. The molecule has 18 aliphatic rings. The molecule has 0 aromatic heterocycles. The number of benzene rings is 1. The molecule has 10 N–H and O–H groups in total. The maximum atomic E-state index is 17.3. The molecule has 17 heteroatoms. The number of aliphatic hydroxyl groups excluding tert-OH is 5. The quantitative estimate of drug-likeness (QED) is 0.0723. The molecule has 6 spiro atoms. The van der Waals surface area contributed by atoms with E-state index in [1.807, 2.05) is 17.9 Å². The fourth-order valence-electron chi connectivity index (χ4n) is 27.6. The van der Waals surface area contributed by atoms with Gasteiger partial charge in [-0.05, 0) is 190 Å². The lowest BCUT2D eigenvalue weighted by Crippen LogP contribution is -2.79. The van der Waals surface area contributed by atoms with Gasteiger partial charge in [-0.15, -0.1) is 0 Å². The van der Waals surface area contributed by atoms with Gasteiger partial charge in [-0.1, -0.05) is 130 Å². The predicted molar refractivity (Wildman–Crippen MR) is 359 cm³/mol. The minimum atomic E-state index is -2.07. The van der Waals surface area contributed by atoms with E-state index in [4.69, 9.17) is 9.47 Å². The van der Waals surface area contributed by atoms with Crippen molar-refractivity contribution in [3.05, 3.63) is 83.5 Å². The number of amides is 1. The van der Waals surface area contributed by atoms with Crippen LogP contribution in [0.3, 0.4) is 0 Å². The second kappa shape index (κ2) is 21.8. The molecule has 7 heterocycles. The Bertz CT molecular complexity index is 3430. The number of epoxide rings is 1. The maximum absolute atomic E-state index is 17.3. The number of aromatic hydroxyl groups is 1. The lowest BCUT2D eigenvalue weighted by atomic mass is 9.31. The molecule has 8 bridgehead atoms. The van der Waals surface area contributed by atoms with Gasteiger partial charge in [-0.3, -0.25) is 9.59 Å². The van der Waals surface area contributed by atoms with Crippen LogP contribution in [0.1, 0.15) is 168 Å². The van der Waals surface area contributed by atoms with Gasteiger partial charge in [0.05, 0.1) is 60.7 Å². The average Bonchev–Trinajstić information content (AvgIpc) is 1.26. The standard InChI is InChI=1S/C77H104N2O13S2/c1-43(2)44(3)62-64(92-62)74(88)24-11-14-48-34-55-56-37-60(83)72(38-61(84)76(90,42-81)70(67(55,72)4)22-8-9-23-70)66(87)94-93-39-50-15-10-19-68(41-80)25-17-49-33-53(57-32-47-31-46-13-12-28-91-58(46)36-54(47)69(78-57)20-6-5-7-21-69)63(85)73(49)40-79(65(86)77(50,68)73)51-29-45(30-52(82)35-51)16-26-71(48)59(74)18-27-75(56,71)89/h11-14,17,25,29-31,35,37,43-44,47-50,53-55,57-59,61-64,66,78,80-82,84-85,87-90H,5-10,15-16,18-24,26-28,32-34,36,38-42H2,1-4H3. The van der Waals surface area contributed by atoms with Crippen LogP contribution >= 0.6 is 21.6 Å². The van der Waals surface area contributed by atoms with Crippen LogP contribution in [0.4, 0.5) is 5.69 Å². The Morgan fingerprint density at radius 2 is 1.61 bits per heavy atom. The lowest BCUT2D eigenvalue weighted by Gasteiger charge is -2.74. The molecular weight excluding hydrogens is 1220 g/mol. The minimum Gasteiger partial charge on any atom is -0.508 e. The van der Waals surface area contributed by atoms with Gasteiger partial charge >= 0.3 is 0 Å². The van der Waals surface area contributed by atoms with Gasteiger partial charge in [-0.25, -0.2) is 0 Å². The third-order valence-corrected chi connectivity index (χ3v) is 34.5. The molecule has 0 radical (unpaired) electrons. The predicted octanol–water partition coefficient (Wildman–Crippen LogP) is 9.35. The molecule has 3 saturated heterocycles. The molecule has 11 aliphatic carbocycles. The summed E-state index contributed by atoms with van der Waals surface area (Å²) in [4.78, 5) is 35.9. The molecule has 15 nitrogen and oxygen atoms in total. The highest BCUT2D eigenvalue weighted by Crippen LogP contribution is 2.82. The fraction of sp³-hybridized carbons (Fsp3) is 0.766. The van der Waals surface area contributed by atoms with Crippen LogP contribution in [0.25, 0.3) is 0 Å². The van der Waals surface area contributed by atoms with Gasteiger partial charge in [0.1, 0.15) is 28.5 Å². The van der Waals surface area contributed by atoms with Crippen LogP contribution in [0.5, 0.6) is 5.75 Å². The molecule has 10 fully saturated rings. The molecule has 1 aromatic rings. The lowest BCUT2D eigenvalue weighted by molar-refractivity contribution is -0.309. The summed E-state index contributed by atoms with van der Waals surface area (Å²) >= 11 is 0. The first-order valence-corrected chi connectivity index (χ1v) is 39.3. The van der Waals surface area contributed by atoms with E-state index in [1.165, 1.54) is 33.6 Å². The Labute approximate surface area is 562 Å². The van der Waals surface area contributed by atoms with E-state index >= 15 is 9.59 Å². The normalized spacial score (nSPS) is 51.0. The Morgan fingerprint density at radius 1 is 0.830 bits per heavy atom. The number of allylic oxidation sites excluding steroid dienone is 4. The summed E-state index contributed by atoms with van der Waals surface area (Å²) in [6.07, 6.45) is 27.4. The van der Waals surface area contributed by atoms with Crippen molar-refractivity contribution in [2.45, 2.75) is 233 Å². The van der Waals surface area contributed by atoms with Crippen LogP contribution in [0.15, 0.2) is 78.0 Å². The number of ether oxygens (including phenoxy) is 2. The SMILES string of the molecule is CC(C)C(C)C1OC1C1(O)CC=CC2CC3C4=CC(=O)C5(CC(O)C(O)(CO)C6(CCCC6)C35C)C(O)SSCC3CCCC5(CO)C=CC6CC(C7CC8C=C9C=CCOC9CC8C8(CCCCC8)N7)C(O)C67CN(C(=O)C357)c3cc(O)cc(c3)CCC23C1CCC43O. The highest BCUT2D eigenvalue weighted by Gasteiger charge is 2.85. The van der Waals surface area contributed by atoms with Crippen molar-refractivity contribution in [3.63, 3.8) is 0 Å². The first-order valence-electron chi connectivity index (χ1n) is 36.9. The Balaban J connectivity index is 0.842. The molecule has 1 amide bonds. The van der Waals surface area contributed by atoms with E-state index in [1.54, 1.807) is 18.2 Å². The number of nitrogens with zero attached hydrogens (tertiary/aromatic N) is 1. The van der Waals surface area contributed by atoms with Crippen molar-refractivity contribution in [1.29, 1.82) is 0 Å². The van der Waals surface area contributed by atoms with E-state index in [-0.39, 0.29) is 97.4 Å². The first kappa shape index (κ1) is 64.5. The molecule has 25 unspecified atom stereocenters. The van der Waals surface area contributed by atoms with Crippen LogP contribution < -0.4 is 10.2 Å².